The standard InChI is InChI=1S/C18H27N3O/c1-20-10-12-21(13-11-20)18(22)16-4-2-14(3-5-16)15-6-8-17(19)9-7-15/h6-9,14,16H,2-5,10-13,19H2,1H3. The first-order valence-corrected chi connectivity index (χ1v) is 8.46. The average Bonchev–Trinajstić information content (AvgIpc) is 2.56. The molecule has 120 valence electrons. The van der Waals surface area contributed by atoms with E-state index in [2.05, 4.69) is 29.0 Å². The maximum Gasteiger partial charge on any atom is 0.225 e. The Morgan fingerprint density at radius 1 is 1.00 bits per heavy atom. The third kappa shape index (κ3) is 3.43. The Kier molecular flexibility index (Phi) is 4.67. The Balaban J connectivity index is 1.53. The van der Waals surface area contributed by atoms with E-state index < -0.39 is 0 Å². The number of nitrogen functional groups attached to an aromatic ring is 1. The molecule has 4 nitrogen and oxygen atoms in total. The molecule has 2 fully saturated rings. The minimum atomic E-state index is 0.244. The second kappa shape index (κ2) is 6.69. The highest BCUT2D eigenvalue weighted by atomic mass is 16.2. The molecule has 1 saturated heterocycles. The summed E-state index contributed by atoms with van der Waals surface area (Å²) in [5.74, 6) is 1.23. The monoisotopic (exact) mass is 301 g/mol. The maximum absolute atomic E-state index is 12.6. The van der Waals surface area contributed by atoms with E-state index in [0.717, 1.165) is 57.5 Å². The third-order valence-corrected chi connectivity index (χ3v) is 5.30. The fraction of sp³-hybridized carbons (Fsp3) is 0.611. The topological polar surface area (TPSA) is 49.6 Å². The summed E-state index contributed by atoms with van der Waals surface area (Å²) in [6.45, 7) is 3.81. The minimum absolute atomic E-state index is 0.244. The van der Waals surface area contributed by atoms with Crippen LogP contribution in [0.2, 0.25) is 0 Å². The number of likely N-dealkylation sites (N-methyl/N-ethyl adjacent to an activating group) is 1. The van der Waals surface area contributed by atoms with Crippen molar-refractivity contribution in [2.75, 3.05) is 39.0 Å². The predicted molar refractivity (Wildman–Crippen MR) is 89.6 cm³/mol. The van der Waals surface area contributed by atoms with Crippen LogP contribution in [0.3, 0.4) is 0 Å². The fourth-order valence-electron chi connectivity index (χ4n) is 3.73. The number of piperazine rings is 1. The molecule has 2 N–H and O–H groups in total. The molecule has 4 heteroatoms. The van der Waals surface area contributed by atoms with Crippen molar-refractivity contribution in [3.8, 4) is 0 Å². The van der Waals surface area contributed by atoms with Crippen LogP contribution < -0.4 is 5.73 Å². The van der Waals surface area contributed by atoms with Gasteiger partial charge in [0.2, 0.25) is 5.91 Å². The molecule has 1 saturated carbocycles. The highest BCUT2D eigenvalue weighted by Gasteiger charge is 2.30. The number of carbonyl (C=O) groups excluding carboxylic acids is 1. The lowest BCUT2D eigenvalue weighted by molar-refractivity contribution is -0.138. The zero-order valence-electron chi connectivity index (χ0n) is 13.5. The molecule has 1 aliphatic heterocycles. The predicted octanol–water partition coefficient (Wildman–Crippen LogP) is 2.32. The van der Waals surface area contributed by atoms with E-state index >= 15 is 0 Å². The van der Waals surface area contributed by atoms with E-state index in [9.17, 15) is 4.79 Å². The second-order valence-electron chi connectivity index (χ2n) is 6.84. The fourth-order valence-corrected chi connectivity index (χ4v) is 3.73. The van der Waals surface area contributed by atoms with Gasteiger partial charge < -0.3 is 15.5 Å². The highest BCUT2D eigenvalue weighted by molar-refractivity contribution is 5.79. The van der Waals surface area contributed by atoms with E-state index in [1.807, 2.05) is 12.1 Å². The van der Waals surface area contributed by atoms with Crippen LogP contribution in [0.5, 0.6) is 0 Å². The number of nitrogens with two attached hydrogens (primary N) is 1. The Labute approximate surface area is 133 Å². The number of carbonyl (C=O) groups is 1. The van der Waals surface area contributed by atoms with Crippen LogP contribution in [-0.4, -0.2) is 48.9 Å². The average molecular weight is 301 g/mol. The molecule has 22 heavy (non-hydrogen) atoms. The van der Waals surface area contributed by atoms with Crippen LogP contribution in [0.1, 0.15) is 37.2 Å². The molecule has 3 rings (SSSR count). The lowest BCUT2D eigenvalue weighted by Gasteiger charge is -2.36. The smallest absolute Gasteiger partial charge is 0.225 e. The van der Waals surface area contributed by atoms with Crippen molar-refractivity contribution < 1.29 is 4.79 Å². The van der Waals surface area contributed by atoms with Gasteiger partial charge in [0.05, 0.1) is 0 Å². The molecule has 0 bridgehead atoms. The summed E-state index contributed by atoms with van der Waals surface area (Å²) < 4.78 is 0. The molecule has 2 aliphatic rings. The van der Waals surface area contributed by atoms with Crippen LogP contribution >= 0.6 is 0 Å². The van der Waals surface area contributed by atoms with Crippen LogP contribution in [0.4, 0.5) is 5.69 Å². The molecular formula is C18H27N3O. The summed E-state index contributed by atoms with van der Waals surface area (Å²) in [4.78, 5) is 17.0. The van der Waals surface area contributed by atoms with Crippen LogP contribution in [0, 0.1) is 5.92 Å². The molecule has 0 unspecified atom stereocenters. The van der Waals surface area contributed by atoms with Gasteiger partial charge in [-0.05, 0) is 56.3 Å². The van der Waals surface area contributed by atoms with Crippen molar-refractivity contribution in [1.29, 1.82) is 0 Å². The summed E-state index contributed by atoms with van der Waals surface area (Å²) in [7, 11) is 2.12. The van der Waals surface area contributed by atoms with Crippen LogP contribution in [0.25, 0.3) is 0 Å². The van der Waals surface area contributed by atoms with E-state index in [1.54, 1.807) is 0 Å². The van der Waals surface area contributed by atoms with Crippen molar-refractivity contribution in [3.63, 3.8) is 0 Å². The van der Waals surface area contributed by atoms with Crippen molar-refractivity contribution in [2.45, 2.75) is 31.6 Å². The molecule has 0 radical (unpaired) electrons. The largest absolute Gasteiger partial charge is 0.399 e. The van der Waals surface area contributed by atoms with Crippen molar-refractivity contribution in [1.82, 2.24) is 9.80 Å². The Hall–Kier alpha value is -1.55. The number of nitrogens with zero attached hydrogens (tertiary/aromatic N) is 2. The highest BCUT2D eigenvalue weighted by Crippen LogP contribution is 2.36. The molecule has 1 amide bonds. The van der Waals surface area contributed by atoms with Gasteiger partial charge >= 0.3 is 0 Å². The van der Waals surface area contributed by atoms with Crippen LogP contribution in [-0.2, 0) is 4.79 Å². The maximum atomic E-state index is 12.6. The number of anilines is 1. The van der Waals surface area contributed by atoms with E-state index in [1.165, 1.54) is 5.56 Å². The van der Waals surface area contributed by atoms with Gasteiger partial charge in [0.1, 0.15) is 0 Å². The van der Waals surface area contributed by atoms with Crippen molar-refractivity contribution in [2.24, 2.45) is 5.92 Å². The first-order valence-electron chi connectivity index (χ1n) is 8.46. The molecule has 0 aromatic heterocycles. The Morgan fingerprint density at radius 2 is 1.59 bits per heavy atom. The molecule has 1 aromatic carbocycles. The molecular weight excluding hydrogens is 274 g/mol. The summed E-state index contributed by atoms with van der Waals surface area (Å²) in [5, 5.41) is 0. The zero-order valence-corrected chi connectivity index (χ0v) is 13.5. The van der Waals surface area contributed by atoms with Gasteiger partial charge in [0.15, 0.2) is 0 Å². The SMILES string of the molecule is CN1CCN(C(=O)C2CCC(c3ccc(N)cc3)CC2)CC1. The normalized spacial score (nSPS) is 26.9. The van der Waals surface area contributed by atoms with E-state index in [0.29, 0.717) is 11.8 Å². The number of hydrogen-bond donors (Lipinski definition) is 1. The summed E-state index contributed by atoms with van der Waals surface area (Å²) in [5.41, 5.74) is 7.95. The molecule has 1 aliphatic carbocycles. The van der Waals surface area contributed by atoms with Crippen LogP contribution in [0.15, 0.2) is 24.3 Å². The van der Waals surface area contributed by atoms with Crippen molar-refractivity contribution in [3.05, 3.63) is 29.8 Å². The number of hydrogen-bond acceptors (Lipinski definition) is 3. The second-order valence-corrected chi connectivity index (χ2v) is 6.84. The minimum Gasteiger partial charge on any atom is -0.399 e. The van der Waals surface area contributed by atoms with Crippen molar-refractivity contribution >= 4 is 11.6 Å². The van der Waals surface area contributed by atoms with Gasteiger partial charge in [0, 0.05) is 37.8 Å². The molecule has 0 spiro atoms. The summed E-state index contributed by atoms with van der Waals surface area (Å²) >= 11 is 0. The molecule has 1 aromatic rings. The van der Waals surface area contributed by atoms with E-state index in [4.69, 9.17) is 5.73 Å². The van der Waals surface area contributed by atoms with Gasteiger partial charge in [-0.25, -0.2) is 0 Å². The number of amides is 1. The van der Waals surface area contributed by atoms with E-state index in [-0.39, 0.29) is 5.92 Å². The summed E-state index contributed by atoms with van der Waals surface area (Å²) in [6.07, 6.45) is 4.29. The Bertz CT molecular complexity index is 498. The lowest BCUT2D eigenvalue weighted by atomic mass is 9.78. The van der Waals surface area contributed by atoms with Gasteiger partial charge in [0.25, 0.3) is 0 Å². The van der Waals surface area contributed by atoms with Gasteiger partial charge in [-0.2, -0.15) is 0 Å². The third-order valence-electron chi connectivity index (χ3n) is 5.30. The zero-order chi connectivity index (χ0) is 15.5. The molecule has 0 atom stereocenters. The quantitative estimate of drug-likeness (QED) is 0.853. The Morgan fingerprint density at radius 3 is 2.18 bits per heavy atom. The number of rotatable bonds is 2. The molecule has 1 heterocycles. The summed E-state index contributed by atoms with van der Waals surface area (Å²) in [6, 6.07) is 8.25. The van der Waals surface area contributed by atoms with Gasteiger partial charge in [-0.1, -0.05) is 12.1 Å². The van der Waals surface area contributed by atoms with Gasteiger partial charge in [-0.15, -0.1) is 0 Å². The lowest BCUT2D eigenvalue weighted by Crippen LogP contribution is -2.49. The number of benzene rings is 1. The van der Waals surface area contributed by atoms with Gasteiger partial charge in [-0.3, -0.25) is 4.79 Å². The first-order chi connectivity index (χ1) is 10.6. The first kappa shape index (κ1) is 15.3.